The van der Waals surface area contributed by atoms with Crippen LogP contribution in [-0.2, 0) is 0 Å². The molecule has 1 fully saturated rings. The highest BCUT2D eigenvalue weighted by Gasteiger charge is 2.25. The number of amides is 3. The van der Waals surface area contributed by atoms with Crippen LogP contribution >= 0.6 is 11.6 Å². The minimum absolute atomic E-state index is 0.0884. The number of nitrogens with one attached hydrogen (secondary N) is 2. The van der Waals surface area contributed by atoms with Crippen molar-refractivity contribution in [1.29, 1.82) is 0 Å². The number of urea groups is 1. The SMILES string of the molecule is O=C(NCC1CCCN(C(=O)c2ccccc2Cl)C1)Nc1cccc(F)c1. The molecule has 2 aromatic rings. The first kappa shape index (κ1) is 19.2. The van der Waals surface area contributed by atoms with Crippen LogP contribution in [0.15, 0.2) is 48.5 Å². The average molecular weight is 390 g/mol. The molecule has 0 aliphatic carbocycles. The van der Waals surface area contributed by atoms with Crippen LogP contribution < -0.4 is 10.6 Å². The van der Waals surface area contributed by atoms with E-state index in [0.717, 1.165) is 12.8 Å². The monoisotopic (exact) mass is 389 g/mol. The van der Waals surface area contributed by atoms with Gasteiger partial charge in [-0.05, 0) is 49.1 Å². The number of anilines is 1. The fourth-order valence-corrected chi connectivity index (χ4v) is 3.42. The molecule has 1 saturated heterocycles. The van der Waals surface area contributed by atoms with Gasteiger partial charge in [0.05, 0.1) is 10.6 Å². The smallest absolute Gasteiger partial charge is 0.319 e. The molecule has 1 aliphatic rings. The van der Waals surface area contributed by atoms with Crippen LogP contribution in [-0.4, -0.2) is 36.5 Å². The lowest BCUT2D eigenvalue weighted by Gasteiger charge is -2.33. The zero-order valence-corrected chi connectivity index (χ0v) is 15.5. The Labute approximate surface area is 162 Å². The molecule has 1 aliphatic heterocycles. The third-order valence-electron chi connectivity index (χ3n) is 4.54. The summed E-state index contributed by atoms with van der Waals surface area (Å²) in [7, 11) is 0. The van der Waals surface area contributed by atoms with Gasteiger partial charge < -0.3 is 15.5 Å². The zero-order chi connectivity index (χ0) is 19.2. The highest BCUT2D eigenvalue weighted by Crippen LogP contribution is 2.22. The first-order chi connectivity index (χ1) is 13.0. The molecule has 1 unspecified atom stereocenters. The van der Waals surface area contributed by atoms with Crippen molar-refractivity contribution in [3.05, 3.63) is 64.9 Å². The summed E-state index contributed by atoms with van der Waals surface area (Å²) in [6.45, 7) is 1.67. The van der Waals surface area contributed by atoms with Gasteiger partial charge in [0.15, 0.2) is 0 Å². The van der Waals surface area contributed by atoms with Crippen molar-refractivity contribution in [2.45, 2.75) is 12.8 Å². The molecule has 0 saturated carbocycles. The van der Waals surface area contributed by atoms with Crippen molar-refractivity contribution in [3.63, 3.8) is 0 Å². The molecule has 2 aromatic carbocycles. The third kappa shape index (κ3) is 5.20. The maximum absolute atomic E-state index is 13.2. The highest BCUT2D eigenvalue weighted by molar-refractivity contribution is 6.33. The largest absolute Gasteiger partial charge is 0.338 e. The van der Waals surface area contributed by atoms with E-state index < -0.39 is 11.8 Å². The summed E-state index contributed by atoms with van der Waals surface area (Å²) < 4.78 is 13.2. The van der Waals surface area contributed by atoms with Gasteiger partial charge in [0.1, 0.15) is 5.82 Å². The number of hydrogen-bond acceptors (Lipinski definition) is 2. The Morgan fingerprint density at radius 1 is 1.19 bits per heavy atom. The molecule has 1 atom stereocenters. The van der Waals surface area contributed by atoms with Gasteiger partial charge in [-0.25, -0.2) is 9.18 Å². The van der Waals surface area contributed by atoms with E-state index in [0.29, 0.717) is 35.9 Å². The number of benzene rings is 2. The predicted molar refractivity (Wildman–Crippen MR) is 104 cm³/mol. The van der Waals surface area contributed by atoms with Gasteiger partial charge in [-0.2, -0.15) is 0 Å². The van der Waals surface area contributed by atoms with Crippen LogP contribution in [0.4, 0.5) is 14.9 Å². The molecule has 0 spiro atoms. The van der Waals surface area contributed by atoms with Crippen molar-refractivity contribution in [2.75, 3.05) is 25.0 Å². The summed E-state index contributed by atoms with van der Waals surface area (Å²) in [4.78, 5) is 26.5. The minimum Gasteiger partial charge on any atom is -0.338 e. The standard InChI is InChI=1S/C20H21ClFN3O2/c21-18-9-2-1-8-17(18)19(26)25-10-4-5-14(13-25)12-23-20(27)24-16-7-3-6-15(22)11-16/h1-3,6-9,11,14H,4-5,10,12-13H2,(H2,23,24,27). The van der Waals surface area contributed by atoms with Crippen molar-refractivity contribution < 1.29 is 14.0 Å². The Kier molecular flexibility index (Phi) is 6.29. The van der Waals surface area contributed by atoms with Gasteiger partial charge in [-0.1, -0.05) is 29.8 Å². The van der Waals surface area contributed by atoms with E-state index in [2.05, 4.69) is 10.6 Å². The molecule has 0 bridgehead atoms. The topological polar surface area (TPSA) is 61.4 Å². The van der Waals surface area contributed by atoms with Gasteiger partial charge in [-0.3, -0.25) is 4.79 Å². The van der Waals surface area contributed by atoms with Crippen molar-refractivity contribution in [3.8, 4) is 0 Å². The maximum atomic E-state index is 13.2. The molecule has 0 radical (unpaired) electrons. The number of rotatable bonds is 4. The predicted octanol–water partition coefficient (Wildman–Crippen LogP) is 4.15. The molecule has 1 heterocycles. The quantitative estimate of drug-likeness (QED) is 0.825. The second-order valence-corrected chi connectivity index (χ2v) is 6.99. The lowest BCUT2D eigenvalue weighted by Crippen LogP contribution is -2.44. The molecule has 5 nitrogen and oxygen atoms in total. The summed E-state index contributed by atoms with van der Waals surface area (Å²) in [6.07, 6.45) is 1.79. The van der Waals surface area contributed by atoms with E-state index in [9.17, 15) is 14.0 Å². The lowest BCUT2D eigenvalue weighted by molar-refractivity contribution is 0.0675. The van der Waals surface area contributed by atoms with Gasteiger partial charge in [0.2, 0.25) is 0 Å². The maximum Gasteiger partial charge on any atom is 0.319 e. The molecular formula is C20H21ClFN3O2. The number of carbonyl (C=O) groups excluding carboxylic acids is 2. The van der Waals surface area contributed by atoms with E-state index in [1.165, 1.54) is 18.2 Å². The normalized spacial score (nSPS) is 16.7. The van der Waals surface area contributed by atoms with E-state index in [1.54, 1.807) is 35.2 Å². The molecule has 3 rings (SSSR count). The van der Waals surface area contributed by atoms with Crippen LogP contribution in [0.25, 0.3) is 0 Å². The second kappa shape index (κ2) is 8.86. The first-order valence-corrected chi connectivity index (χ1v) is 9.25. The molecule has 0 aromatic heterocycles. The Morgan fingerprint density at radius 2 is 2.00 bits per heavy atom. The Hall–Kier alpha value is -2.60. The van der Waals surface area contributed by atoms with Gasteiger partial charge in [-0.15, -0.1) is 0 Å². The summed E-state index contributed by atoms with van der Waals surface area (Å²) in [5.41, 5.74) is 0.892. The summed E-state index contributed by atoms with van der Waals surface area (Å²) in [5.74, 6) is -0.341. The third-order valence-corrected chi connectivity index (χ3v) is 4.87. The molecule has 3 amide bonds. The molecule has 27 heavy (non-hydrogen) atoms. The summed E-state index contributed by atoms with van der Waals surface area (Å²) in [5, 5.41) is 5.84. The number of carbonyl (C=O) groups is 2. The van der Waals surface area contributed by atoms with Crippen molar-refractivity contribution >= 4 is 29.2 Å². The zero-order valence-electron chi connectivity index (χ0n) is 14.8. The molecular weight excluding hydrogens is 369 g/mol. The van der Waals surface area contributed by atoms with E-state index >= 15 is 0 Å². The van der Waals surface area contributed by atoms with Gasteiger partial charge in [0, 0.05) is 25.3 Å². The van der Waals surface area contributed by atoms with Crippen LogP contribution in [0, 0.1) is 11.7 Å². The molecule has 142 valence electrons. The van der Waals surface area contributed by atoms with E-state index in [-0.39, 0.29) is 11.8 Å². The second-order valence-electron chi connectivity index (χ2n) is 6.58. The number of piperidine rings is 1. The van der Waals surface area contributed by atoms with E-state index in [4.69, 9.17) is 11.6 Å². The molecule has 2 N–H and O–H groups in total. The van der Waals surface area contributed by atoms with Crippen LogP contribution in [0.3, 0.4) is 0 Å². The van der Waals surface area contributed by atoms with Crippen molar-refractivity contribution in [1.82, 2.24) is 10.2 Å². The Morgan fingerprint density at radius 3 is 2.78 bits per heavy atom. The van der Waals surface area contributed by atoms with Gasteiger partial charge >= 0.3 is 6.03 Å². The fourth-order valence-electron chi connectivity index (χ4n) is 3.20. The van der Waals surface area contributed by atoms with Crippen LogP contribution in [0.1, 0.15) is 23.2 Å². The van der Waals surface area contributed by atoms with E-state index in [1.807, 2.05) is 0 Å². The number of hydrogen-bond donors (Lipinski definition) is 2. The first-order valence-electron chi connectivity index (χ1n) is 8.87. The highest BCUT2D eigenvalue weighted by atomic mass is 35.5. The van der Waals surface area contributed by atoms with Crippen molar-refractivity contribution in [2.24, 2.45) is 5.92 Å². The molecule has 7 heteroatoms. The summed E-state index contributed by atoms with van der Waals surface area (Å²) in [6, 6.07) is 12.3. The average Bonchev–Trinajstić information content (AvgIpc) is 2.66. The Balaban J connectivity index is 1.52. The minimum atomic E-state index is -0.409. The number of halogens is 2. The summed E-state index contributed by atoms with van der Waals surface area (Å²) >= 11 is 6.13. The van der Waals surface area contributed by atoms with Gasteiger partial charge in [0.25, 0.3) is 5.91 Å². The lowest BCUT2D eigenvalue weighted by atomic mass is 9.97. The number of nitrogens with zero attached hydrogens (tertiary/aromatic N) is 1. The Bertz CT molecular complexity index is 830. The van der Waals surface area contributed by atoms with Crippen LogP contribution in [0.5, 0.6) is 0 Å². The number of likely N-dealkylation sites (tertiary alicyclic amines) is 1. The van der Waals surface area contributed by atoms with Crippen LogP contribution in [0.2, 0.25) is 5.02 Å². The fraction of sp³-hybridized carbons (Fsp3) is 0.300.